The topological polar surface area (TPSA) is 84.7 Å². The SMILES string of the molecule is CCCCCc1ccc(C(=O)N(CCCOCC)CC(=O)Nc2ccon2)cc1. The van der Waals surface area contributed by atoms with Crippen molar-refractivity contribution in [3.63, 3.8) is 0 Å². The summed E-state index contributed by atoms with van der Waals surface area (Å²) in [7, 11) is 0. The molecule has 158 valence electrons. The maximum Gasteiger partial charge on any atom is 0.254 e. The zero-order valence-corrected chi connectivity index (χ0v) is 17.4. The zero-order valence-electron chi connectivity index (χ0n) is 17.4. The number of carbonyl (C=O) groups is 2. The summed E-state index contributed by atoms with van der Waals surface area (Å²) in [4.78, 5) is 26.9. The van der Waals surface area contributed by atoms with Crippen molar-refractivity contribution in [1.29, 1.82) is 0 Å². The molecular weight excluding hydrogens is 370 g/mol. The lowest BCUT2D eigenvalue weighted by Gasteiger charge is -2.22. The van der Waals surface area contributed by atoms with Crippen molar-refractivity contribution in [2.75, 3.05) is 31.6 Å². The van der Waals surface area contributed by atoms with E-state index in [0.29, 0.717) is 37.6 Å². The average molecular weight is 402 g/mol. The number of nitrogens with one attached hydrogen (secondary N) is 1. The summed E-state index contributed by atoms with van der Waals surface area (Å²) in [6.45, 7) is 5.65. The van der Waals surface area contributed by atoms with Crippen LogP contribution in [0.3, 0.4) is 0 Å². The van der Waals surface area contributed by atoms with Gasteiger partial charge in [-0.15, -0.1) is 0 Å². The highest BCUT2D eigenvalue weighted by molar-refractivity contribution is 5.99. The molecular formula is C22H31N3O4. The van der Waals surface area contributed by atoms with Crippen molar-refractivity contribution in [2.45, 2.75) is 46.0 Å². The number of hydrogen-bond donors (Lipinski definition) is 1. The van der Waals surface area contributed by atoms with Crippen molar-refractivity contribution in [3.05, 3.63) is 47.7 Å². The number of benzene rings is 1. The van der Waals surface area contributed by atoms with Gasteiger partial charge in [0, 0.05) is 31.4 Å². The van der Waals surface area contributed by atoms with Gasteiger partial charge in [-0.3, -0.25) is 9.59 Å². The summed E-state index contributed by atoms with van der Waals surface area (Å²) in [6.07, 6.45) is 6.59. The normalized spacial score (nSPS) is 10.7. The number of ether oxygens (including phenoxy) is 1. The summed E-state index contributed by atoms with van der Waals surface area (Å²) >= 11 is 0. The first-order valence-corrected chi connectivity index (χ1v) is 10.3. The molecule has 0 aliphatic heterocycles. The van der Waals surface area contributed by atoms with Gasteiger partial charge in [0.1, 0.15) is 12.8 Å². The maximum absolute atomic E-state index is 13.0. The fraction of sp³-hybridized carbons (Fsp3) is 0.500. The lowest BCUT2D eigenvalue weighted by atomic mass is 10.0. The van der Waals surface area contributed by atoms with Crippen LogP contribution in [-0.2, 0) is 16.0 Å². The molecule has 0 aliphatic carbocycles. The Morgan fingerprint density at radius 3 is 2.55 bits per heavy atom. The van der Waals surface area contributed by atoms with Gasteiger partial charge in [0.25, 0.3) is 5.91 Å². The standard InChI is InChI=1S/C22H31N3O4/c1-3-5-6-8-18-9-11-19(12-10-18)22(27)25(14-7-15-28-4-2)17-21(26)23-20-13-16-29-24-20/h9-13,16H,3-8,14-15,17H2,1-2H3,(H,23,24,26). The third-order valence-electron chi connectivity index (χ3n) is 4.52. The first-order chi connectivity index (χ1) is 14.1. The van der Waals surface area contributed by atoms with Gasteiger partial charge in [-0.2, -0.15) is 0 Å². The van der Waals surface area contributed by atoms with Crippen LogP contribution in [0.15, 0.2) is 41.1 Å². The van der Waals surface area contributed by atoms with Crippen molar-refractivity contribution >= 4 is 17.6 Å². The first-order valence-electron chi connectivity index (χ1n) is 10.3. The molecule has 2 rings (SSSR count). The Balaban J connectivity index is 1.99. The van der Waals surface area contributed by atoms with E-state index >= 15 is 0 Å². The number of aryl methyl sites for hydroxylation is 1. The number of anilines is 1. The largest absolute Gasteiger partial charge is 0.382 e. The third-order valence-corrected chi connectivity index (χ3v) is 4.52. The second-order valence-corrected chi connectivity index (χ2v) is 6.86. The number of carbonyl (C=O) groups excluding carboxylic acids is 2. The smallest absolute Gasteiger partial charge is 0.254 e. The summed E-state index contributed by atoms with van der Waals surface area (Å²) < 4.78 is 10.1. The molecule has 7 heteroatoms. The monoisotopic (exact) mass is 401 g/mol. The fourth-order valence-corrected chi connectivity index (χ4v) is 2.96. The van der Waals surface area contributed by atoms with Crippen LogP contribution in [0, 0.1) is 0 Å². The Labute approximate surface area is 172 Å². The molecule has 1 heterocycles. The second-order valence-electron chi connectivity index (χ2n) is 6.86. The van der Waals surface area contributed by atoms with Crippen molar-refractivity contribution in [1.82, 2.24) is 10.1 Å². The number of nitrogens with zero attached hydrogens (tertiary/aromatic N) is 2. The van der Waals surface area contributed by atoms with E-state index in [2.05, 4.69) is 17.4 Å². The molecule has 29 heavy (non-hydrogen) atoms. The Morgan fingerprint density at radius 2 is 1.90 bits per heavy atom. The third kappa shape index (κ3) is 8.07. The maximum atomic E-state index is 13.0. The van der Waals surface area contributed by atoms with Gasteiger partial charge in [-0.25, -0.2) is 0 Å². The van der Waals surface area contributed by atoms with Gasteiger partial charge < -0.3 is 19.5 Å². The molecule has 1 N–H and O–H groups in total. The Hall–Kier alpha value is -2.67. The quantitative estimate of drug-likeness (QED) is 0.514. The van der Waals surface area contributed by atoms with Crippen LogP contribution in [0.2, 0.25) is 0 Å². The summed E-state index contributed by atoms with van der Waals surface area (Å²) in [5, 5.41) is 6.29. The van der Waals surface area contributed by atoms with Crippen LogP contribution >= 0.6 is 0 Å². The first kappa shape index (κ1) is 22.6. The van der Waals surface area contributed by atoms with Crippen LogP contribution in [0.25, 0.3) is 0 Å². The van der Waals surface area contributed by atoms with Gasteiger partial charge in [-0.1, -0.05) is 37.1 Å². The molecule has 1 aromatic heterocycles. The molecule has 0 aliphatic rings. The molecule has 0 atom stereocenters. The van der Waals surface area contributed by atoms with Crippen LogP contribution < -0.4 is 5.32 Å². The van der Waals surface area contributed by atoms with Crippen LogP contribution in [0.5, 0.6) is 0 Å². The van der Waals surface area contributed by atoms with Crippen molar-refractivity contribution < 1.29 is 18.8 Å². The number of hydrogen-bond acceptors (Lipinski definition) is 5. The van der Waals surface area contributed by atoms with E-state index in [9.17, 15) is 9.59 Å². The summed E-state index contributed by atoms with van der Waals surface area (Å²) in [5.41, 5.74) is 1.80. The molecule has 0 saturated heterocycles. The second kappa shape index (κ2) is 12.7. The van der Waals surface area contributed by atoms with Gasteiger partial charge in [0.2, 0.25) is 5.91 Å². The fourth-order valence-electron chi connectivity index (χ4n) is 2.96. The summed E-state index contributed by atoms with van der Waals surface area (Å²) in [6, 6.07) is 9.23. The van der Waals surface area contributed by atoms with E-state index in [1.54, 1.807) is 11.0 Å². The number of rotatable bonds is 13. The molecule has 0 unspecified atom stereocenters. The Kier molecular flexibility index (Phi) is 9.92. The van der Waals surface area contributed by atoms with Gasteiger partial charge in [0.15, 0.2) is 5.82 Å². The number of aromatic nitrogens is 1. The molecule has 1 aromatic carbocycles. The molecule has 0 saturated carbocycles. The zero-order chi connectivity index (χ0) is 20.9. The van der Waals surface area contributed by atoms with Crippen LogP contribution in [0.1, 0.15) is 55.5 Å². The molecule has 0 spiro atoms. The minimum absolute atomic E-state index is 0.0595. The van der Waals surface area contributed by atoms with E-state index in [0.717, 1.165) is 12.8 Å². The Morgan fingerprint density at radius 1 is 1.10 bits per heavy atom. The molecule has 2 aromatic rings. The summed E-state index contributed by atoms with van der Waals surface area (Å²) in [5.74, 6) is -0.162. The predicted molar refractivity (Wildman–Crippen MR) is 112 cm³/mol. The van der Waals surface area contributed by atoms with E-state index in [1.165, 1.54) is 24.7 Å². The molecule has 0 radical (unpaired) electrons. The number of unbranched alkanes of at least 4 members (excludes halogenated alkanes) is 2. The van der Waals surface area contributed by atoms with Gasteiger partial charge >= 0.3 is 0 Å². The minimum Gasteiger partial charge on any atom is -0.382 e. The highest BCUT2D eigenvalue weighted by atomic mass is 16.5. The predicted octanol–water partition coefficient (Wildman–Crippen LogP) is 3.91. The van der Waals surface area contributed by atoms with Gasteiger partial charge in [-0.05, 0) is 43.9 Å². The molecule has 7 nitrogen and oxygen atoms in total. The highest BCUT2D eigenvalue weighted by Gasteiger charge is 2.19. The number of amides is 2. The van der Waals surface area contributed by atoms with E-state index < -0.39 is 0 Å². The lowest BCUT2D eigenvalue weighted by Crippen LogP contribution is -2.39. The van der Waals surface area contributed by atoms with Crippen LogP contribution in [0.4, 0.5) is 5.82 Å². The van der Waals surface area contributed by atoms with Gasteiger partial charge in [0.05, 0.1) is 0 Å². The molecule has 0 bridgehead atoms. The van der Waals surface area contributed by atoms with E-state index in [-0.39, 0.29) is 18.4 Å². The van der Waals surface area contributed by atoms with E-state index in [1.807, 2.05) is 31.2 Å². The van der Waals surface area contributed by atoms with Crippen LogP contribution in [-0.4, -0.2) is 48.2 Å². The minimum atomic E-state index is -0.320. The van der Waals surface area contributed by atoms with Crippen molar-refractivity contribution in [2.24, 2.45) is 0 Å². The lowest BCUT2D eigenvalue weighted by molar-refractivity contribution is -0.117. The van der Waals surface area contributed by atoms with Crippen molar-refractivity contribution in [3.8, 4) is 0 Å². The Bertz CT molecular complexity index is 729. The molecule has 2 amide bonds. The van der Waals surface area contributed by atoms with E-state index in [4.69, 9.17) is 9.26 Å². The molecule has 0 fully saturated rings. The highest BCUT2D eigenvalue weighted by Crippen LogP contribution is 2.12. The average Bonchev–Trinajstić information content (AvgIpc) is 3.23.